The van der Waals surface area contributed by atoms with Gasteiger partial charge in [-0.1, -0.05) is 205 Å². The van der Waals surface area contributed by atoms with Crippen molar-refractivity contribution in [3.05, 3.63) is 0 Å². The molecule has 0 amide bonds. The molecule has 6 aliphatic carbocycles. The number of hydrogen-bond donors (Lipinski definition) is 0. The molecule has 0 unspecified atom stereocenters. The van der Waals surface area contributed by atoms with E-state index in [9.17, 15) is 0 Å². The second kappa shape index (κ2) is 21.2. The monoisotopic (exact) mass is 679 g/mol. The van der Waals surface area contributed by atoms with Gasteiger partial charge in [-0.3, -0.25) is 4.79 Å². The molecule has 0 bridgehead atoms. The van der Waals surface area contributed by atoms with Crippen molar-refractivity contribution in [2.24, 2.45) is 53.3 Å². The van der Waals surface area contributed by atoms with Gasteiger partial charge in [0.05, 0.1) is 5.92 Å². The highest BCUT2D eigenvalue weighted by atomic mass is 16.5. The van der Waals surface area contributed by atoms with Crippen LogP contribution in [0.15, 0.2) is 0 Å². The molecule has 0 aromatic carbocycles. The highest BCUT2D eigenvalue weighted by Crippen LogP contribution is 2.52. The molecule has 0 radical (unpaired) electrons. The molecule has 2 heteroatoms. The van der Waals surface area contributed by atoms with Gasteiger partial charge in [-0.15, -0.1) is 0 Å². The second-order valence-electron chi connectivity index (χ2n) is 19.1. The summed E-state index contributed by atoms with van der Waals surface area (Å²) in [5.41, 5.74) is 0. The van der Waals surface area contributed by atoms with Crippen molar-refractivity contribution in [1.82, 2.24) is 0 Å². The highest BCUT2D eigenvalue weighted by Gasteiger charge is 2.50. The van der Waals surface area contributed by atoms with E-state index in [4.69, 9.17) is 4.74 Å². The predicted octanol–water partition coefficient (Wildman–Crippen LogP) is 14.6. The van der Waals surface area contributed by atoms with Crippen molar-refractivity contribution in [3.8, 4) is 0 Å². The van der Waals surface area contributed by atoms with Gasteiger partial charge in [-0.2, -0.15) is 0 Å². The first-order valence-corrected chi connectivity index (χ1v) is 23.5. The zero-order valence-electron chi connectivity index (χ0n) is 32.5. The molecule has 0 saturated heterocycles. The normalized spacial score (nSPS) is 27.0. The number of carbonyl (C=O) groups excluding carboxylic acids is 1. The lowest BCUT2D eigenvalue weighted by atomic mass is 9.58. The minimum Gasteiger partial charge on any atom is -0.462 e. The number of rotatable bonds is 10. The molecule has 2 nitrogen and oxygen atoms in total. The highest BCUT2D eigenvalue weighted by molar-refractivity contribution is 5.74. The minimum absolute atomic E-state index is 0.163. The van der Waals surface area contributed by atoms with Crippen molar-refractivity contribution < 1.29 is 9.53 Å². The van der Waals surface area contributed by atoms with Crippen LogP contribution in [0.1, 0.15) is 231 Å². The Labute approximate surface area is 305 Å². The maximum absolute atomic E-state index is 16.0. The summed E-state index contributed by atoms with van der Waals surface area (Å²) in [7, 11) is 0. The van der Waals surface area contributed by atoms with E-state index in [-0.39, 0.29) is 12.0 Å². The molecule has 6 fully saturated rings. The molecule has 49 heavy (non-hydrogen) atoms. The van der Waals surface area contributed by atoms with Crippen molar-refractivity contribution in [2.45, 2.75) is 237 Å². The number of ether oxygens (including phenoxy) is 1. The van der Waals surface area contributed by atoms with Crippen LogP contribution >= 0.6 is 0 Å². The van der Waals surface area contributed by atoms with Crippen LogP contribution in [0.2, 0.25) is 0 Å². The van der Waals surface area contributed by atoms with Crippen molar-refractivity contribution in [1.29, 1.82) is 0 Å². The third kappa shape index (κ3) is 11.2. The lowest BCUT2D eigenvalue weighted by Crippen LogP contribution is -2.47. The Balaban J connectivity index is 1.41. The summed E-state index contributed by atoms with van der Waals surface area (Å²) in [6.45, 7) is 0. The zero-order chi connectivity index (χ0) is 33.5. The summed E-state index contributed by atoms with van der Waals surface area (Å²) < 4.78 is 7.51. The first-order chi connectivity index (χ1) is 24.3. The smallest absolute Gasteiger partial charge is 0.309 e. The van der Waals surface area contributed by atoms with Crippen LogP contribution in [0, 0.1) is 53.3 Å². The van der Waals surface area contributed by atoms with Crippen molar-refractivity contribution >= 4 is 5.97 Å². The molecule has 282 valence electrons. The van der Waals surface area contributed by atoms with Crippen molar-refractivity contribution in [2.75, 3.05) is 0 Å². The maximum Gasteiger partial charge on any atom is 0.309 e. The Morgan fingerprint density at radius 2 is 0.510 bits per heavy atom. The Morgan fingerprint density at radius 1 is 0.306 bits per heavy atom. The molecule has 0 aliphatic heterocycles. The Bertz CT molecular complexity index is 760. The predicted molar refractivity (Wildman–Crippen MR) is 208 cm³/mol. The fourth-order valence-electron chi connectivity index (χ4n) is 13.4. The Hall–Kier alpha value is -0.530. The molecule has 0 atom stereocenters. The lowest BCUT2D eigenvalue weighted by Gasteiger charge is -2.47. The van der Waals surface area contributed by atoms with E-state index in [0.29, 0.717) is 29.6 Å². The van der Waals surface area contributed by atoms with Gasteiger partial charge in [-0.25, -0.2) is 0 Å². The standard InChI is InChI=1S/C47H82O2/c48-47(49-46(41-33-21-9-10-22-34-41)42-35-23-11-12-24-36-42)45(43(37-25-13-1-2-14-26-37)38-27-15-3-4-16-28-38)44(39-29-17-5-6-18-30-39)40-31-19-7-8-20-32-40/h37-46H,1-36H2. The first kappa shape index (κ1) is 38.2. The maximum atomic E-state index is 16.0. The molecular formula is C47H82O2. The van der Waals surface area contributed by atoms with E-state index in [0.717, 1.165) is 23.7 Å². The van der Waals surface area contributed by atoms with Gasteiger partial charge >= 0.3 is 5.97 Å². The molecule has 6 rings (SSSR count). The second-order valence-corrected chi connectivity index (χ2v) is 19.1. The van der Waals surface area contributed by atoms with Gasteiger partial charge in [0.1, 0.15) is 6.10 Å². The summed E-state index contributed by atoms with van der Waals surface area (Å²) in [4.78, 5) is 16.0. The molecule has 0 aromatic heterocycles. The van der Waals surface area contributed by atoms with Gasteiger partial charge in [-0.05, 0) is 73.0 Å². The number of carbonyl (C=O) groups is 1. The Morgan fingerprint density at radius 3 is 0.735 bits per heavy atom. The van der Waals surface area contributed by atoms with Crippen LogP contribution in [0.25, 0.3) is 0 Å². The van der Waals surface area contributed by atoms with Crippen LogP contribution in [0.4, 0.5) is 0 Å². The summed E-state index contributed by atoms with van der Waals surface area (Å²) in [6.07, 6.45) is 50.1. The molecular weight excluding hydrogens is 597 g/mol. The van der Waals surface area contributed by atoms with E-state index in [1.807, 2.05) is 0 Å². The minimum atomic E-state index is 0.163. The summed E-state index contributed by atoms with van der Waals surface area (Å²) in [6, 6.07) is 0. The van der Waals surface area contributed by atoms with Gasteiger partial charge in [0.2, 0.25) is 0 Å². The third-order valence-electron chi connectivity index (χ3n) is 15.9. The summed E-state index contributed by atoms with van der Waals surface area (Å²) >= 11 is 0. The van der Waals surface area contributed by atoms with E-state index >= 15 is 4.79 Å². The van der Waals surface area contributed by atoms with Gasteiger partial charge in [0.25, 0.3) is 0 Å². The summed E-state index contributed by atoms with van der Waals surface area (Å²) in [5, 5.41) is 0. The van der Waals surface area contributed by atoms with Crippen LogP contribution in [0.3, 0.4) is 0 Å². The van der Waals surface area contributed by atoms with E-state index in [1.165, 1.54) is 231 Å². The topological polar surface area (TPSA) is 26.3 Å². The van der Waals surface area contributed by atoms with Crippen LogP contribution in [0.5, 0.6) is 0 Å². The molecule has 0 aromatic rings. The van der Waals surface area contributed by atoms with E-state index in [1.54, 1.807) is 0 Å². The number of esters is 1. The average Bonchev–Trinajstić information content (AvgIpc) is 3.83. The fraction of sp³-hybridized carbons (Fsp3) is 0.979. The first-order valence-electron chi connectivity index (χ1n) is 23.5. The zero-order valence-corrected chi connectivity index (χ0v) is 32.5. The van der Waals surface area contributed by atoms with Gasteiger partial charge in [0, 0.05) is 0 Å². The fourth-order valence-corrected chi connectivity index (χ4v) is 13.4. The largest absolute Gasteiger partial charge is 0.462 e. The molecule has 6 saturated carbocycles. The van der Waals surface area contributed by atoms with Gasteiger partial charge < -0.3 is 4.74 Å². The Kier molecular flexibility index (Phi) is 16.6. The third-order valence-corrected chi connectivity index (χ3v) is 15.9. The molecule has 0 heterocycles. The lowest BCUT2D eigenvalue weighted by molar-refractivity contribution is -0.172. The van der Waals surface area contributed by atoms with Crippen molar-refractivity contribution in [3.63, 3.8) is 0 Å². The van der Waals surface area contributed by atoms with Crippen LogP contribution < -0.4 is 0 Å². The van der Waals surface area contributed by atoms with Gasteiger partial charge in [0.15, 0.2) is 0 Å². The number of hydrogen-bond acceptors (Lipinski definition) is 2. The van der Waals surface area contributed by atoms with Crippen LogP contribution in [-0.2, 0) is 9.53 Å². The van der Waals surface area contributed by atoms with Crippen LogP contribution in [-0.4, -0.2) is 12.1 Å². The van der Waals surface area contributed by atoms with E-state index in [2.05, 4.69) is 0 Å². The quantitative estimate of drug-likeness (QED) is 0.170. The molecule has 0 spiro atoms. The summed E-state index contributed by atoms with van der Waals surface area (Å²) in [5.74, 6) is 5.89. The molecule has 6 aliphatic rings. The molecule has 0 N–H and O–H groups in total. The van der Waals surface area contributed by atoms with E-state index < -0.39 is 0 Å². The average molecular weight is 679 g/mol. The SMILES string of the molecule is O=C(OC(C1CCCCCC1)C1CCCCCC1)C(C(C1CCCCCC1)C1CCCCCC1)C(C1CCCCCC1)C1CCCCCC1.